The minimum Gasteiger partial charge on any atom is -0.508 e. The van der Waals surface area contributed by atoms with E-state index in [1.54, 1.807) is 12.1 Å². The van der Waals surface area contributed by atoms with Gasteiger partial charge >= 0.3 is 0 Å². The Kier molecular flexibility index (Phi) is 3.40. The second-order valence-electron chi connectivity index (χ2n) is 7.90. The van der Waals surface area contributed by atoms with Crippen LogP contribution in [0.1, 0.15) is 25.3 Å². The molecule has 6 heteroatoms. The maximum Gasteiger partial charge on any atom is 0.236 e. The van der Waals surface area contributed by atoms with Crippen LogP contribution < -0.4 is 5.48 Å². The van der Waals surface area contributed by atoms with E-state index in [-0.39, 0.29) is 23.8 Å². The number of allylic oxidation sites excluding steroid dienone is 1. The molecule has 6 nitrogen and oxygen atoms in total. The van der Waals surface area contributed by atoms with Crippen LogP contribution in [0.5, 0.6) is 5.75 Å². The fourth-order valence-corrected chi connectivity index (χ4v) is 5.87. The Morgan fingerprint density at radius 1 is 1.46 bits per heavy atom. The van der Waals surface area contributed by atoms with Crippen molar-refractivity contribution < 1.29 is 19.5 Å². The molecule has 4 aliphatic heterocycles. The van der Waals surface area contributed by atoms with Crippen LogP contribution in [0.4, 0.5) is 5.69 Å². The van der Waals surface area contributed by atoms with E-state index in [1.807, 2.05) is 6.07 Å². The molecule has 0 spiro atoms. The third-order valence-electron chi connectivity index (χ3n) is 6.99. The van der Waals surface area contributed by atoms with Crippen molar-refractivity contribution in [2.45, 2.75) is 37.3 Å². The summed E-state index contributed by atoms with van der Waals surface area (Å²) in [5, 5.41) is 9.92. The Morgan fingerprint density at radius 2 is 2.31 bits per heavy atom. The number of phenols is 1. The molecule has 4 heterocycles. The predicted octanol–water partition coefficient (Wildman–Crippen LogP) is 2.20. The van der Waals surface area contributed by atoms with Crippen LogP contribution in [0.3, 0.4) is 0 Å². The SMILES string of the molecule is CC=C1CN2C(=O)C3(c4ccc(O)cc4NOC)CC2C2COC3CC12. The summed E-state index contributed by atoms with van der Waals surface area (Å²) in [5.41, 5.74) is 5.03. The molecule has 1 amide bonds. The zero-order valence-corrected chi connectivity index (χ0v) is 15.1. The number of rotatable bonds is 3. The Balaban J connectivity index is 1.70. The molecule has 2 N–H and O–H groups in total. The lowest BCUT2D eigenvalue weighted by atomic mass is 9.69. The Morgan fingerprint density at radius 3 is 3.08 bits per heavy atom. The predicted molar refractivity (Wildman–Crippen MR) is 95.6 cm³/mol. The molecule has 1 aromatic rings. The van der Waals surface area contributed by atoms with Crippen LogP contribution in [0.15, 0.2) is 29.8 Å². The third-order valence-corrected chi connectivity index (χ3v) is 6.99. The van der Waals surface area contributed by atoms with Crippen molar-refractivity contribution in [1.29, 1.82) is 0 Å². The first kappa shape index (κ1) is 16.1. The molecule has 5 atom stereocenters. The number of fused-ring (bicyclic) bond motifs is 1. The van der Waals surface area contributed by atoms with E-state index in [4.69, 9.17) is 9.57 Å². The lowest BCUT2D eigenvalue weighted by molar-refractivity contribution is -0.154. The summed E-state index contributed by atoms with van der Waals surface area (Å²) in [7, 11) is 1.53. The molecule has 0 aromatic heterocycles. The van der Waals surface area contributed by atoms with Gasteiger partial charge in [0.05, 0.1) is 25.5 Å². The van der Waals surface area contributed by atoms with Crippen molar-refractivity contribution in [2.24, 2.45) is 11.8 Å². The lowest BCUT2D eigenvalue weighted by Gasteiger charge is -2.50. The van der Waals surface area contributed by atoms with Crippen LogP contribution in [0, 0.1) is 11.8 Å². The summed E-state index contributed by atoms with van der Waals surface area (Å²) in [6.45, 7) is 3.53. The molecule has 6 rings (SSSR count). The van der Waals surface area contributed by atoms with Gasteiger partial charge in [-0.05, 0) is 37.3 Å². The number of hydrogen-bond acceptors (Lipinski definition) is 5. The van der Waals surface area contributed by atoms with E-state index in [9.17, 15) is 9.90 Å². The fourth-order valence-electron chi connectivity index (χ4n) is 5.87. The minimum absolute atomic E-state index is 0.142. The van der Waals surface area contributed by atoms with Crippen molar-refractivity contribution in [3.05, 3.63) is 35.4 Å². The Labute approximate surface area is 152 Å². The highest BCUT2D eigenvalue weighted by Crippen LogP contribution is 2.59. The first-order valence-corrected chi connectivity index (χ1v) is 9.30. The number of nitrogens with one attached hydrogen (secondary N) is 1. The van der Waals surface area contributed by atoms with Gasteiger partial charge in [0.15, 0.2) is 0 Å². The molecular weight excluding hydrogens is 332 g/mol. The first-order valence-electron chi connectivity index (χ1n) is 9.30. The highest BCUT2D eigenvalue weighted by Gasteiger charge is 2.67. The van der Waals surface area contributed by atoms with E-state index in [0.29, 0.717) is 24.1 Å². The molecule has 5 aliphatic rings. The normalized spacial score (nSPS) is 38.9. The van der Waals surface area contributed by atoms with Gasteiger partial charge in [-0.1, -0.05) is 17.7 Å². The molecule has 1 saturated carbocycles. The highest BCUT2D eigenvalue weighted by molar-refractivity contribution is 5.94. The number of ether oxygens (including phenoxy) is 1. The summed E-state index contributed by atoms with van der Waals surface area (Å²) in [6, 6.07) is 5.35. The van der Waals surface area contributed by atoms with Crippen molar-refractivity contribution in [3.8, 4) is 5.75 Å². The number of hydrogen-bond donors (Lipinski definition) is 2. The van der Waals surface area contributed by atoms with Crippen LogP contribution in [-0.2, 0) is 19.8 Å². The minimum atomic E-state index is -0.706. The highest BCUT2D eigenvalue weighted by atomic mass is 16.6. The molecule has 1 aliphatic carbocycles. The Bertz CT molecular complexity index is 807. The topological polar surface area (TPSA) is 71.0 Å². The van der Waals surface area contributed by atoms with Crippen LogP contribution in [0.25, 0.3) is 0 Å². The third kappa shape index (κ3) is 1.86. The zero-order chi connectivity index (χ0) is 18.1. The van der Waals surface area contributed by atoms with E-state index in [1.165, 1.54) is 12.7 Å². The molecule has 5 fully saturated rings. The second-order valence-corrected chi connectivity index (χ2v) is 7.90. The molecule has 5 unspecified atom stereocenters. The number of nitrogens with zero attached hydrogens (tertiary/aromatic N) is 1. The van der Waals surface area contributed by atoms with Gasteiger partial charge in [-0.25, -0.2) is 0 Å². The number of benzene rings is 1. The van der Waals surface area contributed by atoms with Crippen LogP contribution >= 0.6 is 0 Å². The van der Waals surface area contributed by atoms with E-state index < -0.39 is 5.41 Å². The van der Waals surface area contributed by atoms with Crippen LogP contribution in [0.2, 0.25) is 0 Å². The van der Waals surface area contributed by atoms with Gasteiger partial charge in [-0.3, -0.25) is 15.1 Å². The van der Waals surface area contributed by atoms with Gasteiger partial charge in [-0.2, -0.15) is 0 Å². The summed E-state index contributed by atoms with van der Waals surface area (Å²) in [6.07, 6.45) is 3.70. The summed E-state index contributed by atoms with van der Waals surface area (Å²) in [5.74, 6) is 1.18. The van der Waals surface area contributed by atoms with Gasteiger partial charge in [0, 0.05) is 24.6 Å². The average Bonchev–Trinajstić information content (AvgIpc) is 2.78. The standard InChI is InChI=1S/C20H24N2O4/c1-3-11-9-22-17-8-20(19(22)24,18-7-13(11)14(17)10-26-18)15-5-4-12(23)6-16(15)21-25-2/h3-6,13-14,17-18,21,23H,7-10H2,1-2H3. The van der Waals surface area contributed by atoms with Crippen molar-refractivity contribution in [1.82, 2.24) is 4.90 Å². The second kappa shape index (κ2) is 5.47. The molecule has 0 radical (unpaired) electrons. The molecular formula is C20H24N2O4. The smallest absolute Gasteiger partial charge is 0.236 e. The summed E-state index contributed by atoms with van der Waals surface area (Å²) < 4.78 is 6.27. The quantitative estimate of drug-likeness (QED) is 0.642. The lowest BCUT2D eigenvalue weighted by Crippen LogP contribution is -2.59. The van der Waals surface area contributed by atoms with Gasteiger partial charge in [-0.15, -0.1) is 0 Å². The van der Waals surface area contributed by atoms with Crippen molar-refractivity contribution in [2.75, 3.05) is 25.7 Å². The van der Waals surface area contributed by atoms with Gasteiger partial charge in [0.2, 0.25) is 5.91 Å². The van der Waals surface area contributed by atoms with Crippen molar-refractivity contribution >= 4 is 11.6 Å². The van der Waals surface area contributed by atoms with E-state index in [0.717, 1.165) is 24.9 Å². The largest absolute Gasteiger partial charge is 0.508 e. The first-order chi connectivity index (χ1) is 12.6. The van der Waals surface area contributed by atoms with E-state index in [2.05, 4.69) is 23.4 Å². The van der Waals surface area contributed by atoms with Gasteiger partial charge in [0.1, 0.15) is 11.2 Å². The maximum absolute atomic E-state index is 13.7. The van der Waals surface area contributed by atoms with Gasteiger partial charge in [0.25, 0.3) is 0 Å². The molecule has 4 saturated heterocycles. The van der Waals surface area contributed by atoms with E-state index >= 15 is 0 Å². The maximum atomic E-state index is 13.7. The van der Waals surface area contributed by atoms with Crippen LogP contribution in [-0.4, -0.2) is 48.3 Å². The Hall–Kier alpha value is -2.05. The number of carbonyl (C=O) groups excluding carboxylic acids is 1. The monoisotopic (exact) mass is 356 g/mol. The number of piperidine rings is 1. The van der Waals surface area contributed by atoms with Crippen molar-refractivity contribution in [3.63, 3.8) is 0 Å². The molecule has 26 heavy (non-hydrogen) atoms. The number of phenolic OH excluding ortho intramolecular Hbond substituents is 1. The molecule has 5 bridgehead atoms. The summed E-state index contributed by atoms with van der Waals surface area (Å²) in [4.78, 5) is 20.9. The zero-order valence-electron chi connectivity index (χ0n) is 15.1. The molecule has 138 valence electrons. The number of anilines is 1. The number of aromatic hydroxyl groups is 1. The fraction of sp³-hybridized carbons (Fsp3) is 0.550. The summed E-state index contributed by atoms with van der Waals surface area (Å²) >= 11 is 0. The van der Waals surface area contributed by atoms with Gasteiger partial charge < -0.3 is 14.7 Å². The average molecular weight is 356 g/mol. The number of amides is 1. The molecule has 1 aromatic carbocycles. The number of carbonyl (C=O) groups is 1.